The van der Waals surface area contributed by atoms with Crippen molar-refractivity contribution in [3.05, 3.63) is 46.1 Å². The van der Waals surface area contributed by atoms with Crippen LogP contribution in [0.1, 0.15) is 25.5 Å². The largest absolute Gasteiger partial charge is 0.376 e. The van der Waals surface area contributed by atoms with Gasteiger partial charge in [-0.15, -0.1) is 11.8 Å². The van der Waals surface area contributed by atoms with Crippen molar-refractivity contribution >= 4 is 29.4 Å². The summed E-state index contributed by atoms with van der Waals surface area (Å²) in [5, 5.41) is 3.61. The van der Waals surface area contributed by atoms with E-state index in [0.717, 1.165) is 31.6 Å². The topological polar surface area (TPSA) is 73.2 Å². The fraction of sp³-hybridized carbons (Fsp3) is 0.450. The molecule has 2 aromatic rings. The smallest absolute Gasteiger partial charge is 0.272 e. The second kappa shape index (κ2) is 8.89. The highest BCUT2D eigenvalue weighted by Gasteiger charge is 2.27. The van der Waals surface area contributed by atoms with E-state index in [1.807, 2.05) is 0 Å². The van der Waals surface area contributed by atoms with E-state index in [-0.39, 0.29) is 34.4 Å². The fourth-order valence-corrected chi connectivity index (χ4v) is 5.38. The first kappa shape index (κ1) is 20.4. The number of halogens is 1. The average Bonchev–Trinajstić information content (AvgIpc) is 3.35. The van der Waals surface area contributed by atoms with Crippen LogP contribution >= 0.6 is 23.5 Å². The third-order valence-electron chi connectivity index (χ3n) is 4.85. The standard InChI is InChI=1S/C20H22FN3O3S2/c1-12-9-16-18(29-12)19(26)24(14-6-4-13(21)5-7-14)20(23-16)28-11-17(25)22-10-15-3-2-8-27-15/h4-7,12,15H,2-3,8-11H2,1H3,(H,22,25)/t12-,15-/m1/s1. The zero-order chi connectivity index (χ0) is 20.4. The molecule has 154 valence electrons. The van der Waals surface area contributed by atoms with Crippen LogP contribution < -0.4 is 10.9 Å². The third-order valence-corrected chi connectivity index (χ3v) is 7.00. The predicted octanol–water partition coefficient (Wildman–Crippen LogP) is 2.80. The van der Waals surface area contributed by atoms with Crippen molar-refractivity contribution in [3.8, 4) is 5.69 Å². The average molecular weight is 436 g/mol. The Bertz CT molecular complexity index is 959. The zero-order valence-electron chi connectivity index (χ0n) is 16.0. The van der Waals surface area contributed by atoms with Crippen LogP contribution in [0, 0.1) is 5.82 Å². The number of nitrogens with one attached hydrogen (secondary N) is 1. The molecule has 1 aromatic heterocycles. The van der Waals surface area contributed by atoms with Crippen LogP contribution in [0.2, 0.25) is 0 Å². The predicted molar refractivity (Wildman–Crippen MR) is 112 cm³/mol. The summed E-state index contributed by atoms with van der Waals surface area (Å²) in [7, 11) is 0. The van der Waals surface area contributed by atoms with E-state index in [2.05, 4.69) is 17.2 Å². The fourth-order valence-electron chi connectivity index (χ4n) is 3.43. The molecular formula is C20H22FN3O3S2. The van der Waals surface area contributed by atoms with E-state index in [1.165, 1.54) is 40.2 Å². The number of fused-ring (bicyclic) bond motifs is 1. The Labute approximate surface area is 176 Å². The molecule has 3 heterocycles. The van der Waals surface area contributed by atoms with E-state index in [4.69, 9.17) is 4.74 Å². The van der Waals surface area contributed by atoms with Crippen molar-refractivity contribution in [1.29, 1.82) is 0 Å². The van der Waals surface area contributed by atoms with Crippen molar-refractivity contribution in [3.63, 3.8) is 0 Å². The number of hydrogen-bond acceptors (Lipinski definition) is 6. The van der Waals surface area contributed by atoms with E-state index in [9.17, 15) is 14.0 Å². The Kier molecular flexibility index (Phi) is 6.26. The molecule has 2 aliphatic rings. The lowest BCUT2D eigenvalue weighted by Gasteiger charge is -2.14. The summed E-state index contributed by atoms with van der Waals surface area (Å²) in [6.07, 6.45) is 2.78. The molecular weight excluding hydrogens is 413 g/mol. The molecule has 29 heavy (non-hydrogen) atoms. The molecule has 1 aromatic carbocycles. The van der Waals surface area contributed by atoms with Crippen molar-refractivity contribution in [2.45, 2.75) is 47.6 Å². The minimum Gasteiger partial charge on any atom is -0.376 e. The molecule has 1 fully saturated rings. The van der Waals surface area contributed by atoms with Gasteiger partial charge in [-0.1, -0.05) is 18.7 Å². The molecule has 2 atom stereocenters. The molecule has 0 radical (unpaired) electrons. The first-order chi connectivity index (χ1) is 14.0. The first-order valence-electron chi connectivity index (χ1n) is 9.61. The maximum Gasteiger partial charge on any atom is 0.272 e. The quantitative estimate of drug-likeness (QED) is 0.556. The minimum atomic E-state index is -0.373. The lowest BCUT2D eigenvalue weighted by atomic mass is 10.2. The maximum absolute atomic E-state index is 13.4. The SMILES string of the molecule is C[C@@H]1Cc2nc(SCC(=O)NC[C@H]3CCCO3)n(-c3ccc(F)cc3)c(=O)c2S1. The van der Waals surface area contributed by atoms with Gasteiger partial charge in [0.15, 0.2) is 5.16 Å². The molecule has 4 rings (SSSR count). The van der Waals surface area contributed by atoms with Crippen LogP contribution in [0.25, 0.3) is 5.69 Å². The third kappa shape index (κ3) is 4.67. The highest BCUT2D eigenvalue weighted by Crippen LogP contribution is 2.34. The van der Waals surface area contributed by atoms with Crippen LogP contribution in [-0.4, -0.2) is 45.7 Å². The van der Waals surface area contributed by atoms with Crippen LogP contribution in [0.5, 0.6) is 0 Å². The van der Waals surface area contributed by atoms with Crippen molar-refractivity contribution in [2.24, 2.45) is 0 Å². The van der Waals surface area contributed by atoms with Gasteiger partial charge in [0.1, 0.15) is 5.82 Å². The van der Waals surface area contributed by atoms with Crippen LogP contribution in [0.15, 0.2) is 39.1 Å². The molecule has 9 heteroatoms. The Hall–Kier alpha value is -1.84. The Morgan fingerprint density at radius 3 is 2.93 bits per heavy atom. The van der Waals surface area contributed by atoms with E-state index < -0.39 is 0 Å². The van der Waals surface area contributed by atoms with Crippen LogP contribution in [0.3, 0.4) is 0 Å². The Balaban J connectivity index is 1.55. The summed E-state index contributed by atoms with van der Waals surface area (Å²) in [6, 6.07) is 5.73. The van der Waals surface area contributed by atoms with Crippen LogP contribution in [0.4, 0.5) is 4.39 Å². The van der Waals surface area contributed by atoms with Crippen molar-refractivity contribution in [1.82, 2.24) is 14.9 Å². The molecule has 0 saturated carbocycles. The summed E-state index contributed by atoms with van der Waals surface area (Å²) in [6.45, 7) is 3.30. The number of carbonyl (C=O) groups excluding carboxylic acids is 1. The van der Waals surface area contributed by atoms with Crippen molar-refractivity contribution < 1.29 is 13.9 Å². The number of amides is 1. The molecule has 0 unspecified atom stereocenters. The van der Waals surface area contributed by atoms with Gasteiger partial charge in [0.05, 0.1) is 28.1 Å². The van der Waals surface area contributed by atoms with Gasteiger partial charge in [-0.2, -0.15) is 0 Å². The second-order valence-corrected chi connectivity index (χ2v) is 9.54. The number of rotatable bonds is 6. The highest BCUT2D eigenvalue weighted by molar-refractivity contribution is 8.00. The van der Waals surface area contributed by atoms with E-state index >= 15 is 0 Å². The number of thioether (sulfide) groups is 2. The normalized spacial score (nSPS) is 20.6. The summed E-state index contributed by atoms with van der Waals surface area (Å²) in [5.74, 6) is -0.364. The summed E-state index contributed by atoms with van der Waals surface area (Å²) in [4.78, 5) is 30.7. The lowest BCUT2D eigenvalue weighted by molar-refractivity contribution is -0.119. The van der Waals surface area contributed by atoms with E-state index in [1.54, 1.807) is 12.1 Å². The Morgan fingerprint density at radius 2 is 2.21 bits per heavy atom. The van der Waals surface area contributed by atoms with Gasteiger partial charge in [-0.05, 0) is 37.1 Å². The zero-order valence-corrected chi connectivity index (χ0v) is 17.7. The van der Waals surface area contributed by atoms with Crippen molar-refractivity contribution in [2.75, 3.05) is 18.9 Å². The summed E-state index contributed by atoms with van der Waals surface area (Å²) < 4.78 is 20.4. The number of benzene rings is 1. The van der Waals surface area contributed by atoms with Gasteiger partial charge in [-0.25, -0.2) is 9.37 Å². The van der Waals surface area contributed by atoms with Gasteiger partial charge in [0.25, 0.3) is 5.56 Å². The molecule has 0 aliphatic carbocycles. The Morgan fingerprint density at radius 1 is 1.41 bits per heavy atom. The molecule has 0 spiro atoms. The van der Waals surface area contributed by atoms with Gasteiger partial charge in [0.2, 0.25) is 5.91 Å². The minimum absolute atomic E-state index is 0.0815. The van der Waals surface area contributed by atoms with Crippen LogP contribution in [-0.2, 0) is 16.0 Å². The molecule has 2 aliphatic heterocycles. The van der Waals surface area contributed by atoms with Gasteiger partial charge >= 0.3 is 0 Å². The molecule has 1 N–H and O–H groups in total. The molecule has 6 nitrogen and oxygen atoms in total. The van der Waals surface area contributed by atoms with Gasteiger partial charge in [0, 0.05) is 24.8 Å². The monoisotopic (exact) mass is 435 g/mol. The van der Waals surface area contributed by atoms with Gasteiger partial charge < -0.3 is 10.1 Å². The summed E-state index contributed by atoms with van der Waals surface area (Å²) in [5.41, 5.74) is 1.14. The number of hydrogen-bond donors (Lipinski definition) is 1. The highest BCUT2D eigenvalue weighted by atomic mass is 32.2. The number of carbonyl (C=O) groups is 1. The maximum atomic E-state index is 13.4. The number of aromatic nitrogens is 2. The molecule has 0 bridgehead atoms. The number of ether oxygens (including phenoxy) is 1. The summed E-state index contributed by atoms with van der Waals surface area (Å²) >= 11 is 2.73. The molecule has 1 saturated heterocycles. The second-order valence-electron chi connectivity index (χ2n) is 7.15. The molecule has 1 amide bonds. The first-order valence-corrected chi connectivity index (χ1v) is 11.5. The lowest BCUT2D eigenvalue weighted by Crippen LogP contribution is -2.33. The van der Waals surface area contributed by atoms with E-state index in [0.29, 0.717) is 22.3 Å². The number of nitrogens with zero attached hydrogens (tertiary/aromatic N) is 2. The van der Waals surface area contributed by atoms with Gasteiger partial charge in [-0.3, -0.25) is 14.2 Å².